The third-order valence-corrected chi connectivity index (χ3v) is 7.44. The summed E-state index contributed by atoms with van der Waals surface area (Å²) in [4.78, 5) is 13.0. The van der Waals surface area contributed by atoms with E-state index in [4.69, 9.17) is 4.42 Å². The number of benzene rings is 1. The number of hydrogen-bond acceptors (Lipinski definition) is 5. The standard InChI is InChI=1S/C21H24N2O4S2/c1-3-21(24)22-17-8-9-20(16(2)14-17)29(25,26)23(15-18-6-4-12-27-18)11-10-19-7-5-13-28-19/h4-9,12-14H,3,10-11,15H2,1-2H3,(H,22,24). The van der Waals surface area contributed by atoms with Gasteiger partial charge in [0.25, 0.3) is 0 Å². The largest absolute Gasteiger partial charge is 0.468 e. The van der Waals surface area contributed by atoms with Crippen molar-refractivity contribution in [2.45, 2.75) is 38.1 Å². The quantitative estimate of drug-likeness (QED) is 0.542. The van der Waals surface area contributed by atoms with E-state index in [1.165, 1.54) is 10.6 Å². The average Bonchev–Trinajstić information content (AvgIpc) is 3.38. The molecule has 0 radical (unpaired) electrons. The molecule has 0 aliphatic rings. The molecule has 0 saturated heterocycles. The molecule has 8 heteroatoms. The molecule has 6 nitrogen and oxygen atoms in total. The van der Waals surface area contributed by atoms with Crippen LogP contribution in [0.1, 0.15) is 29.5 Å². The lowest BCUT2D eigenvalue weighted by Crippen LogP contribution is -2.32. The van der Waals surface area contributed by atoms with Crippen molar-refractivity contribution in [1.29, 1.82) is 0 Å². The molecule has 154 valence electrons. The molecule has 29 heavy (non-hydrogen) atoms. The van der Waals surface area contributed by atoms with Crippen molar-refractivity contribution in [1.82, 2.24) is 4.31 Å². The first kappa shape index (κ1) is 21.3. The van der Waals surface area contributed by atoms with Crippen LogP contribution in [0.5, 0.6) is 0 Å². The Balaban J connectivity index is 1.87. The number of furan rings is 1. The topological polar surface area (TPSA) is 79.6 Å². The Morgan fingerprint density at radius 2 is 2.03 bits per heavy atom. The molecular weight excluding hydrogens is 408 g/mol. The number of rotatable bonds is 9. The molecule has 2 heterocycles. The van der Waals surface area contributed by atoms with Crippen molar-refractivity contribution in [3.05, 3.63) is 70.3 Å². The van der Waals surface area contributed by atoms with Gasteiger partial charge in [-0.2, -0.15) is 4.31 Å². The second kappa shape index (κ2) is 9.39. The SMILES string of the molecule is CCC(=O)Nc1ccc(S(=O)(=O)N(CCc2cccs2)Cc2ccco2)c(C)c1. The molecule has 0 aliphatic heterocycles. The lowest BCUT2D eigenvalue weighted by atomic mass is 10.2. The molecule has 2 aromatic heterocycles. The molecular formula is C21H24N2O4S2. The fourth-order valence-electron chi connectivity index (χ4n) is 2.96. The zero-order valence-corrected chi connectivity index (χ0v) is 18.1. The van der Waals surface area contributed by atoms with Crippen LogP contribution in [0.3, 0.4) is 0 Å². The lowest BCUT2D eigenvalue weighted by molar-refractivity contribution is -0.115. The monoisotopic (exact) mass is 432 g/mol. The van der Waals surface area contributed by atoms with E-state index < -0.39 is 10.0 Å². The van der Waals surface area contributed by atoms with Crippen LogP contribution in [0.4, 0.5) is 5.69 Å². The second-order valence-electron chi connectivity index (χ2n) is 6.63. The van der Waals surface area contributed by atoms with Gasteiger partial charge in [0, 0.05) is 23.5 Å². The summed E-state index contributed by atoms with van der Waals surface area (Å²) < 4.78 is 33.7. The number of nitrogens with zero attached hydrogens (tertiary/aromatic N) is 1. The molecule has 0 bridgehead atoms. The number of aryl methyl sites for hydroxylation is 1. The zero-order valence-electron chi connectivity index (χ0n) is 16.4. The van der Waals surface area contributed by atoms with E-state index in [0.29, 0.717) is 36.4 Å². The summed E-state index contributed by atoms with van der Waals surface area (Å²) in [6, 6.07) is 12.3. The van der Waals surface area contributed by atoms with Crippen molar-refractivity contribution in [2.75, 3.05) is 11.9 Å². The fraction of sp³-hybridized carbons (Fsp3) is 0.286. The number of carbonyl (C=O) groups excluding carboxylic acids is 1. The predicted octanol–water partition coefficient (Wildman–Crippen LogP) is 4.43. The first-order valence-electron chi connectivity index (χ1n) is 9.35. The highest BCUT2D eigenvalue weighted by molar-refractivity contribution is 7.89. The summed E-state index contributed by atoms with van der Waals surface area (Å²) in [6.07, 6.45) is 2.52. The number of amides is 1. The van der Waals surface area contributed by atoms with E-state index in [0.717, 1.165) is 4.88 Å². The molecule has 0 unspecified atom stereocenters. The summed E-state index contributed by atoms with van der Waals surface area (Å²) in [5.41, 5.74) is 1.17. The van der Waals surface area contributed by atoms with Gasteiger partial charge in [0.2, 0.25) is 15.9 Å². The fourth-order valence-corrected chi connectivity index (χ4v) is 5.27. The summed E-state index contributed by atoms with van der Waals surface area (Å²) in [7, 11) is -3.75. The molecule has 0 fully saturated rings. The van der Waals surface area contributed by atoms with Gasteiger partial charge < -0.3 is 9.73 Å². The molecule has 3 rings (SSSR count). The average molecular weight is 433 g/mol. The van der Waals surface area contributed by atoms with Gasteiger partial charge >= 0.3 is 0 Å². The van der Waals surface area contributed by atoms with Gasteiger partial charge in [-0.05, 0) is 60.7 Å². The van der Waals surface area contributed by atoms with E-state index in [-0.39, 0.29) is 17.3 Å². The predicted molar refractivity (Wildman–Crippen MR) is 114 cm³/mol. The molecule has 1 aromatic carbocycles. The van der Waals surface area contributed by atoms with Gasteiger partial charge in [-0.3, -0.25) is 4.79 Å². The molecule has 0 atom stereocenters. The number of nitrogens with one attached hydrogen (secondary N) is 1. The van der Waals surface area contributed by atoms with E-state index in [9.17, 15) is 13.2 Å². The number of carbonyl (C=O) groups is 1. The van der Waals surface area contributed by atoms with Gasteiger partial charge in [-0.1, -0.05) is 13.0 Å². The zero-order chi connectivity index (χ0) is 20.9. The first-order chi connectivity index (χ1) is 13.9. The summed E-state index contributed by atoms with van der Waals surface area (Å²) in [5.74, 6) is 0.472. The molecule has 0 spiro atoms. The molecule has 0 aliphatic carbocycles. The van der Waals surface area contributed by atoms with E-state index in [1.807, 2.05) is 17.5 Å². The van der Waals surface area contributed by atoms with Crippen LogP contribution >= 0.6 is 11.3 Å². The smallest absolute Gasteiger partial charge is 0.243 e. The van der Waals surface area contributed by atoms with Crippen LogP contribution in [-0.2, 0) is 27.8 Å². The van der Waals surface area contributed by atoms with Crippen LogP contribution in [0, 0.1) is 6.92 Å². The van der Waals surface area contributed by atoms with Crippen molar-refractivity contribution in [2.24, 2.45) is 0 Å². The lowest BCUT2D eigenvalue weighted by Gasteiger charge is -2.22. The van der Waals surface area contributed by atoms with E-state index >= 15 is 0 Å². The van der Waals surface area contributed by atoms with Crippen LogP contribution in [0.15, 0.2) is 63.4 Å². The van der Waals surface area contributed by atoms with Crippen LogP contribution in [0.25, 0.3) is 0 Å². The Bertz CT molecular complexity index is 1040. The molecule has 1 amide bonds. The van der Waals surface area contributed by atoms with Crippen LogP contribution < -0.4 is 5.32 Å². The minimum Gasteiger partial charge on any atom is -0.468 e. The molecule has 1 N–H and O–H groups in total. The summed E-state index contributed by atoms with van der Waals surface area (Å²) >= 11 is 1.61. The van der Waals surface area contributed by atoms with Gasteiger partial charge in [0.05, 0.1) is 17.7 Å². The minimum atomic E-state index is -3.75. The second-order valence-corrected chi connectivity index (χ2v) is 9.57. The number of sulfonamides is 1. The maximum Gasteiger partial charge on any atom is 0.243 e. The number of anilines is 1. The van der Waals surface area contributed by atoms with Crippen LogP contribution in [-0.4, -0.2) is 25.2 Å². The number of thiophene rings is 1. The van der Waals surface area contributed by atoms with Gasteiger partial charge in [0.1, 0.15) is 5.76 Å². The van der Waals surface area contributed by atoms with E-state index in [1.54, 1.807) is 55.5 Å². The highest BCUT2D eigenvalue weighted by Gasteiger charge is 2.27. The molecule has 0 saturated carbocycles. The van der Waals surface area contributed by atoms with Gasteiger partial charge in [-0.15, -0.1) is 11.3 Å². The normalized spacial score (nSPS) is 11.7. The van der Waals surface area contributed by atoms with E-state index in [2.05, 4.69) is 5.32 Å². The highest BCUT2D eigenvalue weighted by atomic mass is 32.2. The summed E-state index contributed by atoms with van der Waals surface area (Å²) in [5, 5.41) is 4.74. The minimum absolute atomic E-state index is 0.115. The Hall–Kier alpha value is -2.42. The van der Waals surface area contributed by atoms with Gasteiger partial charge in [0.15, 0.2) is 0 Å². The summed E-state index contributed by atoms with van der Waals surface area (Å²) in [6.45, 7) is 4.01. The van der Waals surface area contributed by atoms with Crippen molar-refractivity contribution in [3.8, 4) is 0 Å². The third-order valence-electron chi connectivity index (χ3n) is 4.50. The Kier molecular flexibility index (Phi) is 6.89. The Morgan fingerprint density at radius 1 is 1.21 bits per heavy atom. The van der Waals surface area contributed by atoms with Crippen molar-refractivity contribution < 1.29 is 17.6 Å². The van der Waals surface area contributed by atoms with Crippen molar-refractivity contribution in [3.63, 3.8) is 0 Å². The third kappa shape index (κ3) is 5.35. The van der Waals surface area contributed by atoms with Crippen LogP contribution in [0.2, 0.25) is 0 Å². The molecule has 3 aromatic rings. The Labute approximate surface area is 175 Å². The highest BCUT2D eigenvalue weighted by Crippen LogP contribution is 2.25. The first-order valence-corrected chi connectivity index (χ1v) is 11.7. The van der Waals surface area contributed by atoms with Gasteiger partial charge in [-0.25, -0.2) is 8.42 Å². The number of hydrogen-bond donors (Lipinski definition) is 1. The maximum absolute atomic E-state index is 13.4. The maximum atomic E-state index is 13.4. The van der Waals surface area contributed by atoms with Crippen molar-refractivity contribution >= 4 is 33.0 Å². The Morgan fingerprint density at radius 3 is 2.66 bits per heavy atom.